The van der Waals surface area contributed by atoms with E-state index in [9.17, 15) is 4.79 Å². The number of benzene rings is 1. The smallest absolute Gasteiger partial charge is 0.227 e. The van der Waals surface area contributed by atoms with Crippen molar-refractivity contribution in [1.82, 2.24) is 14.7 Å². The Morgan fingerprint density at radius 1 is 1.36 bits per heavy atom. The molecule has 2 N–H and O–H groups in total. The Kier molecular flexibility index (Phi) is 5.16. The number of carbonyl (C=O) groups excluding carboxylic acids is 1. The van der Waals surface area contributed by atoms with Gasteiger partial charge < -0.3 is 10.6 Å². The predicted molar refractivity (Wildman–Crippen MR) is 100 cm³/mol. The summed E-state index contributed by atoms with van der Waals surface area (Å²) in [5, 5.41) is 5.34. The Labute approximate surface area is 153 Å². The molecule has 0 aliphatic carbocycles. The summed E-state index contributed by atoms with van der Waals surface area (Å²) in [5.74, 6) is 0.590. The molecule has 1 aromatic heterocycles. The van der Waals surface area contributed by atoms with Gasteiger partial charge >= 0.3 is 0 Å². The first-order valence-corrected chi connectivity index (χ1v) is 9.08. The van der Waals surface area contributed by atoms with Crippen LogP contribution in [0.3, 0.4) is 0 Å². The first-order valence-electron chi connectivity index (χ1n) is 8.70. The second-order valence-corrected chi connectivity index (χ2v) is 7.31. The third-order valence-electron chi connectivity index (χ3n) is 5.14. The summed E-state index contributed by atoms with van der Waals surface area (Å²) in [4.78, 5) is 14.6. The molecule has 1 amide bonds. The third-order valence-corrected chi connectivity index (χ3v) is 5.55. The summed E-state index contributed by atoms with van der Waals surface area (Å²) in [7, 11) is 0. The standard InChI is InChI=1S/C19H25ClN4O/c1-12-4-5-16(8-18(12)20)24-14(3)17(13(2)22-24)9-19(25)23-7-6-15(10-21)11-23/h4-5,8,15H,6-7,9-11,21H2,1-3H3/t15-/m0/s1. The average molecular weight is 361 g/mol. The summed E-state index contributed by atoms with van der Waals surface area (Å²) in [6, 6.07) is 5.89. The molecule has 134 valence electrons. The van der Waals surface area contributed by atoms with E-state index in [1.165, 1.54) is 0 Å². The number of nitrogens with two attached hydrogens (primary N) is 1. The average Bonchev–Trinajstić information content (AvgIpc) is 3.17. The molecule has 0 spiro atoms. The van der Waals surface area contributed by atoms with Crippen LogP contribution in [0.2, 0.25) is 5.02 Å². The van der Waals surface area contributed by atoms with Crippen LogP contribution in [0.25, 0.3) is 5.69 Å². The number of hydrogen-bond donors (Lipinski definition) is 1. The molecule has 1 aliphatic rings. The number of halogens is 1. The van der Waals surface area contributed by atoms with E-state index in [0.717, 1.165) is 47.7 Å². The largest absolute Gasteiger partial charge is 0.342 e. The molecule has 0 bridgehead atoms. The van der Waals surface area contributed by atoms with Crippen LogP contribution in [0.5, 0.6) is 0 Å². The fourth-order valence-electron chi connectivity index (χ4n) is 3.41. The number of carbonyl (C=O) groups is 1. The quantitative estimate of drug-likeness (QED) is 0.911. The first-order chi connectivity index (χ1) is 11.9. The highest BCUT2D eigenvalue weighted by atomic mass is 35.5. The van der Waals surface area contributed by atoms with Gasteiger partial charge in [-0.25, -0.2) is 4.68 Å². The maximum absolute atomic E-state index is 12.7. The minimum atomic E-state index is 0.156. The summed E-state index contributed by atoms with van der Waals surface area (Å²) in [5.41, 5.74) is 10.5. The van der Waals surface area contributed by atoms with Crippen molar-refractivity contribution < 1.29 is 4.79 Å². The summed E-state index contributed by atoms with van der Waals surface area (Å²) in [6.45, 7) is 8.16. The Hall–Kier alpha value is -1.85. The molecule has 2 aromatic rings. The summed E-state index contributed by atoms with van der Waals surface area (Å²) < 4.78 is 1.87. The normalized spacial score (nSPS) is 17.3. The lowest BCUT2D eigenvalue weighted by atomic mass is 10.1. The molecular formula is C19H25ClN4O. The van der Waals surface area contributed by atoms with Gasteiger partial charge in [0.15, 0.2) is 0 Å². The van der Waals surface area contributed by atoms with E-state index in [1.54, 1.807) is 0 Å². The second-order valence-electron chi connectivity index (χ2n) is 6.90. The monoisotopic (exact) mass is 360 g/mol. The molecule has 0 saturated carbocycles. The molecule has 2 heterocycles. The fraction of sp³-hybridized carbons (Fsp3) is 0.474. The second kappa shape index (κ2) is 7.18. The van der Waals surface area contributed by atoms with Crippen molar-refractivity contribution in [1.29, 1.82) is 0 Å². The van der Waals surface area contributed by atoms with Crippen molar-refractivity contribution in [3.63, 3.8) is 0 Å². The molecule has 3 rings (SSSR count). The van der Waals surface area contributed by atoms with Crippen LogP contribution in [-0.4, -0.2) is 40.2 Å². The molecule has 25 heavy (non-hydrogen) atoms. The minimum Gasteiger partial charge on any atom is -0.342 e. The highest BCUT2D eigenvalue weighted by Crippen LogP contribution is 2.24. The molecule has 1 saturated heterocycles. The van der Waals surface area contributed by atoms with Crippen LogP contribution in [-0.2, 0) is 11.2 Å². The molecule has 0 unspecified atom stereocenters. The van der Waals surface area contributed by atoms with E-state index in [0.29, 0.717) is 23.9 Å². The van der Waals surface area contributed by atoms with E-state index in [-0.39, 0.29) is 5.91 Å². The zero-order valence-electron chi connectivity index (χ0n) is 15.1. The number of nitrogens with zero attached hydrogens (tertiary/aromatic N) is 3. The minimum absolute atomic E-state index is 0.156. The van der Waals surface area contributed by atoms with Gasteiger partial charge in [-0.3, -0.25) is 4.79 Å². The first kappa shape index (κ1) is 18.0. The van der Waals surface area contributed by atoms with Gasteiger partial charge in [-0.1, -0.05) is 17.7 Å². The Balaban J connectivity index is 1.82. The van der Waals surface area contributed by atoms with E-state index >= 15 is 0 Å². The Morgan fingerprint density at radius 2 is 2.12 bits per heavy atom. The van der Waals surface area contributed by atoms with Crippen molar-refractivity contribution in [2.24, 2.45) is 11.7 Å². The molecule has 6 heteroatoms. The number of aromatic nitrogens is 2. The summed E-state index contributed by atoms with van der Waals surface area (Å²) in [6.07, 6.45) is 1.38. The molecule has 1 aromatic carbocycles. The SMILES string of the molecule is Cc1ccc(-n2nc(C)c(CC(=O)N3CC[C@@H](CN)C3)c2C)cc1Cl. The van der Waals surface area contributed by atoms with Crippen molar-refractivity contribution in [3.05, 3.63) is 45.7 Å². The number of likely N-dealkylation sites (tertiary alicyclic amines) is 1. The van der Waals surface area contributed by atoms with Crippen LogP contribution >= 0.6 is 11.6 Å². The van der Waals surface area contributed by atoms with Crippen molar-refractivity contribution in [2.45, 2.75) is 33.6 Å². The van der Waals surface area contributed by atoms with Gasteiger partial charge in [-0.15, -0.1) is 0 Å². The van der Waals surface area contributed by atoms with Gasteiger partial charge in [0, 0.05) is 29.4 Å². The third kappa shape index (κ3) is 3.58. The van der Waals surface area contributed by atoms with Crippen molar-refractivity contribution in [2.75, 3.05) is 19.6 Å². The van der Waals surface area contributed by atoms with Gasteiger partial charge in [-0.2, -0.15) is 5.10 Å². The Bertz CT molecular complexity index is 799. The molecule has 1 aliphatic heterocycles. The lowest BCUT2D eigenvalue weighted by Crippen LogP contribution is -2.31. The topological polar surface area (TPSA) is 64.2 Å². The maximum atomic E-state index is 12.7. The van der Waals surface area contributed by atoms with Gasteiger partial charge in [-0.05, 0) is 57.4 Å². The van der Waals surface area contributed by atoms with Crippen LogP contribution < -0.4 is 5.73 Å². The van der Waals surface area contributed by atoms with Gasteiger partial charge in [0.05, 0.1) is 17.8 Å². The molecule has 0 radical (unpaired) electrons. The van der Waals surface area contributed by atoms with Crippen molar-refractivity contribution >= 4 is 17.5 Å². The Morgan fingerprint density at radius 3 is 2.76 bits per heavy atom. The predicted octanol–water partition coefficient (Wildman–Crippen LogP) is 2.80. The zero-order valence-corrected chi connectivity index (χ0v) is 15.8. The van der Waals surface area contributed by atoms with Gasteiger partial charge in [0.1, 0.15) is 0 Å². The number of rotatable bonds is 4. The lowest BCUT2D eigenvalue weighted by molar-refractivity contribution is -0.129. The zero-order chi connectivity index (χ0) is 18.1. The fourth-order valence-corrected chi connectivity index (χ4v) is 3.59. The molecular weight excluding hydrogens is 336 g/mol. The van der Waals surface area contributed by atoms with E-state index in [2.05, 4.69) is 5.10 Å². The molecule has 5 nitrogen and oxygen atoms in total. The maximum Gasteiger partial charge on any atom is 0.227 e. The number of aryl methyl sites for hydroxylation is 2. The van der Waals surface area contributed by atoms with Gasteiger partial charge in [0.2, 0.25) is 5.91 Å². The van der Waals surface area contributed by atoms with Crippen molar-refractivity contribution in [3.8, 4) is 5.69 Å². The van der Waals surface area contributed by atoms with Crippen LogP contribution in [0.4, 0.5) is 0 Å². The number of amides is 1. The lowest BCUT2D eigenvalue weighted by Gasteiger charge is -2.16. The van der Waals surface area contributed by atoms with E-state index < -0.39 is 0 Å². The summed E-state index contributed by atoms with van der Waals surface area (Å²) >= 11 is 6.25. The van der Waals surface area contributed by atoms with Crippen LogP contribution in [0.15, 0.2) is 18.2 Å². The molecule has 1 fully saturated rings. The van der Waals surface area contributed by atoms with Gasteiger partial charge in [0.25, 0.3) is 0 Å². The van der Waals surface area contributed by atoms with Crippen LogP contribution in [0, 0.1) is 26.7 Å². The highest BCUT2D eigenvalue weighted by molar-refractivity contribution is 6.31. The number of hydrogen-bond acceptors (Lipinski definition) is 3. The highest BCUT2D eigenvalue weighted by Gasteiger charge is 2.26. The van der Waals surface area contributed by atoms with E-state index in [4.69, 9.17) is 17.3 Å². The van der Waals surface area contributed by atoms with E-state index in [1.807, 2.05) is 48.6 Å². The van der Waals surface area contributed by atoms with Crippen LogP contribution in [0.1, 0.15) is 28.9 Å². The molecule has 1 atom stereocenters.